The van der Waals surface area contributed by atoms with Gasteiger partial charge in [0.2, 0.25) is 0 Å². The summed E-state index contributed by atoms with van der Waals surface area (Å²) in [5.41, 5.74) is 1.39. The van der Waals surface area contributed by atoms with Gasteiger partial charge in [0, 0.05) is 30.2 Å². The van der Waals surface area contributed by atoms with Crippen molar-refractivity contribution in [2.75, 3.05) is 20.1 Å². The molecule has 0 N–H and O–H groups in total. The van der Waals surface area contributed by atoms with Crippen LogP contribution in [0.15, 0.2) is 29.8 Å². The van der Waals surface area contributed by atoms with Crippen LogP contribution in [0.3, 0.4) is 0 Å². The van der Waals surface area contributed by atoms with Crippen molar-refractivity contribution in [1.29, 1.82) is 0 Å². The average molecular weight is 342 g/mol. The summed E-state index contributed by atoms with van der Waals surface area (Å²) >= 11 is 1.49. The Morgan fingerprint density at radius 2 is 2.04 bits per heavy atom. The second-order valence-electron chi connectivity index (χ2n) is 6.65. The molecule has 2 fully saturated rings. The zero-order valence-electron chi connectivity index (χ0n) is 13.9. The van der Waals surface area contributed by atoms with Crippen LogP contribution in [0.4, 0.5) is 0 Å². The third-order valence-electron chi connectivity index (χ3n) is 5.19. The van der Waals surface area contributed by atoms with E-state index < -0.39 is 0 Å². The largest absolute Gasteiger partial charge is 0.333 e. The fourth-order valence-electron chi connectivity index (χ4n) is 3.99. The van der Waals surface area contributed by atoms with Crippen LogP contribution < -0.4 is 0 Å². The number of likely N-dealkylation sites (N-methyl/N-ethyl adjacent to an activating group) is 1. The number of carbonyl (C=O) groups is 1. The molecule has 4 heterocycles. The molecule has 2 atom stereocenters. The molecule has 0 aromatic carbocycles. The normalized spacial score (nSPS) is 24.6. The van der Waals surface area contributed by atoms with Gasteiger partial charge in [-0.3, -0.25) is 9.78 Å². The standard InChI is InChI=1S/C18H22N4OS/c1-21-10-4-7-15(21)16-8-5-11-22(16)18(23)14-12-24-17(20-14)13-6-2-3-9-19-13/h2-3,6,9,12,15-16H,4-5,7-8,10-11H2,1H3/t15-,16+/m0/s1. The lowest BCUT2D eigenvalue weighted by atomic mass is 10.0. The molecule has 0 saturated carbocycles. The second-order valence-corrected chi connectivity index (χ2v) is 7.51. The third kappa shape index (κ3) is 2.84. The van der Waals surface area contributed by atoms with E-state index in [9.17, 15) is 4.79 Å². The van der Waals surface area contributed by atoms with E-state index in [1.54, 1.807) is 6.20 Å². The minimum absolute atomic E-state index is 0.0798. The zero-order chi connectivity index (χ0) is 16.5. The van der Waals surface area contributed by atoms with E-state index >= 15 is 0 Å². The van der Waals surface area contributed by atoms with Crippen LogP contribution in [-0.4, -0.2) is 57.9 Å². The van der Waals surface area contributed by atoms with E-state index in [0.29, 0.717) is 17.8 Å². The van der Waals surface area contributed by atoms with Crippen molar-refractivity contribution in [3.8, 4) is 10.7 Å². The fourth-order valence-corrected chi connectivity index (χ4v) is 4.76. The van der Waals surface area contributed by atoms with E-state index in [0.717, 1.165) is 36.6 Å². The minimum atomic E-state index is 0.0798. The van der Waals surface area contributed by atoms with Gasteiger partial charge in [0.05, 0.1) is 5.69 Å². The maximum absolute atomic E-state index is 13.0. The lowest BCUT2D eigenvalue weighted by Crippen LogP contribution is -2.47. The molecule has 2 aliphatic rings. The van der Waals surface area contributed by atoms with Gasteiger partial charge < -0.3 is 9.80 Å². The summed E-state index contributed by atoms with van der Waals surface area (Å²) in [4.78, 5) is 26.3. The first-order valence-electron chi connectivity index (χ1n) is 8.62. The Hall–Kier alpha value is -1.79. The number of hydrogen-bond acceptors (Lipinski definition) is 5. The van der Waals surface area contributed by atoms with Crippen molar-refractivity contribution >= 4 is 17.2 Å². The molecule has 0 bridgehead atoms. The van der Waals surface area contributed by atoms with Crippen LogP contribution in [-0.2, 0) is 0 Å². The monoisotopic (exact) mass is 342 g/mol. The Bertz CT molecular complexity index is 717. The average Bonchev–Trinajstić information content (AvgIpc) is 3.35. The van der Waals surface area contributed by atoms with Gasteiger partial charge in [-0.1, -0.05) is 6.07 Å². The highest BCUT2D eigenvalue weighted by Crippen LogP contribution is 2.31. The number of thiazole rings is 1. The van der Waals surface area contributed by atoms with Crippen molar-refractivity contribution in [3.05, 3.63) is 35.5 Å². The summed E-state index contributed by atoms with van der Waals surface area (Å²) in [6.07, 6.45) is 6.39. The van der Waals surface area contributed by atoms with E-state index in [2.05, 4.69) is 26.8 Å². The first-order valence-corrected chi connectivity index (χ1v) is 9.50. The van der Waals surface area contributed by atoms with Crippen LogP contribution >= 0.6 is 11.3 Å². The Balaban J connectivity index is 1.54. The highest BCUT2D eigenvalue weighted by atomic mass is 32.1. The number of likely N-dealkylation sites (tertiary alicyclic amines) is 2. The number of rotatable bonds is 3. The molecule has 0 radical (unpaired) electrons. The smallest absolute Gasteiger partial charge is 0.273 e. The molecule has 2 aliphatic heterocycles. The predicted octanol–water partition coefficient (Wildman–Crippen LogP) is 2.90. The first kappa shape index (κ1) is 15.7. The van der Waals surface area contributed by atoms with Crippen molar-refractivity contribution in [1.82, 2.24) is 19.8 Å². The molecule has 4 rings (SSSR count). The molecule has 24 heavy (non-hydrogen) atoms. The highest BCUT2D eigenvalue weighted by molar-refractivity contribution is 7.13. The lowest BCUT2D eigenvalue weighted by Gasteiger charge is -2.32. The van der Waals surface area contributed by atoms with Crippen molar-refractivity contribution < 1.29 is 4.79 Å². The Morgan fingerprint density at radius 1 is 1.21 bits per heavy atom. The molecule has 126 valence electrons. The second kappa shape index (κ2) is 6.61. The first-order chi connectivity index (χ1) is 11.7. The minimum Gasteiger partial charge on any atom is -0.333 e. The molecular weight excluding hydrogens is 320 g/mol. The highest BCUT2D eigenvalue weighted by Gasteiger charge is 2.39. The van der Waals surface area contributed by atoms with Gasteiger partial charge >= 0.3 is 0 Å². The third-order valence-corrected chi connectivity index (χ3v) is 6.05. The molecule has 2 aromatic rings. The molecule has 0 spiro atoms. The van der Waals surface area contributed by atoms with Crippen LogP contribution in [0, 0.1) is 0 Å². The summed E-state index contributed by atoms with van der Waals surface area (Å²) in [6.45, 7) is 1.99. The van der Waals surface area contributed by atoms with Crippen molar-refractivity contribution in [2.45, 2.75) is 37.8 Å². The zero-order valence-corrected chi connectivity index (χ0v) is 14.7. The summed E-state index contributed by atoms with van der Waals surface area (Å²) in [5, 5.41) is 2.69. The molecule has 0 aliphatic carbocycles. The Kier molecular flexibility index (Phi) is 4.33. The molecule has 5 nitrogen and oxygen atoms in total. The van der Waals surface area contributed by atoms with E-state index in [4.69, 9.17) is 0 Å². The number of pyridine rings is 1. The van der Waals surface area contributed by atoms with Gasteiger partial charge in [0.15, 0.2) is 0 Å². The van der Waals surface area contributed by atoms with Crippen LogP contribution in [0.2, 0.25) is 0 Å². The van der Waals surface area contributed by atoms with Gasteiger partial charge in [0.1, 0.15) is 10.7 Å². The van der Waals surface area contributed by atoms with Crippen molar-refractivity contribution in [3.63, 3.8) is 0 Å². The fraction of sp³-hybridized carbons (Fsp3) is 0.500. The number of nitrogens with zero attached hydrogens (tertiary/aromatic N) is 4. The number of aromatic nitrogens is 2. The SMILES string of the molecule is CN1CCC[C@H]1[C@H]1CCCN1C(=O)c1csc(-c2ccccn2)n1. The van der Waals surface area contributed by atoms with E-state index in [1.165, 1.54) is 24.2 Å². The van der Waals surface area contributed by atoms with Gasteiger partial charge in [-0.25, -0.2) is 4.98 Å². The van der Waals surface area contributed by atoms with Crippen LogP contribution in [0.25, 0.3) is 10.7 Å². The van der Waals surface area contributed by atoms with Gasteiger partial charge in [-0.2, -0.15) is 0 Å². The lowest BCUT2D eigenvalue weighted by molar-refractivity contribution is 0.0659. The van der Waals surface area contributed by atoms with E-state index in [1.807, 2.05) is 23.6 Å². The van der Waals surface area contributed by atoms with E-state index in [-0.39, 0.29) is 5.91 Å². The van der Waals surface area contributed by atoms with Gasteiger partial charge in [-0.15, -0.1) is 11.3 Å². The molecule has 2 saturated heterocycles. The molecule has 0 unspecified atom stereocenters. The molecule has 2 aromatic heterocycles. The Morgan fingerprint density at radius 3 is 2.79 bits per heavy atom. The summed E-state index contributed by atoms with van der Waals surface area (Å²) in [5.74, 6) is 0.0798. The predicted molar refractivity (Wildman–Crippen MR) is 95.1 cm³/mol. The number of amides is 1. The Labute approximate surface area is 146 Å². The molecule has 1 amide bonds. The summed E-state index contributed by atoms with van der Waals surface area (Å²) < 4.78 is 0. The summed E-state index contributed by atoms with van der Waals surface area (Å²) in [6, 6.07) is 6.60. The quantitative estimate of drug-likeness (QED) is 0.860. The van der Waals surface area contributed by atoms with Crippen LogP contribution in [0.5, 0.6) is 0 Å². The topological polar surface area (TPSA) is 49.3 Å². The number of carbonyl (C=O) groups excluding carboxylic acids is 1. The summed E-state index contributed by atoms with van der Waals surface area (Å²) in [7, 11) is 2.18. The van der Waals surface area contributed by atoms with Gasteiger partial charge in [-0.05, 0) is 51.4 Å². The van der Waals surface area contributed by atoms with Crippen molar-refractivity contribution in [2.24, 2.45) is 0 Å². The number of hydrogen-bond donors (Lipinski definition) is 0. The molecule has 6 heteroatoms. The maximum atomic E-state index is 13.0. The van der Waals surface area contributed by atoms with Crippen LogP contribution in [0.1, 0.15) is 36.2 Å². The molecular formula is C18H22N4OS. The maximum Gasteiger partial charge on any atom is 0.273 e. The van der Waals surface area contributed by atoms with Gasteiger partial charge in [0.25, 0.3) is 5.91 Å².